The summed E-state index contributed by atoms with van der Waals surface area (Å²) in [5, 5.41) is 13.6. The van der Waals surface area contributed by atoms with Crippen LogP contribution in [-0.2, 0) is 0 Å². The molecule has 3 rings (SSSR count). The molecule has 3 atom stereocenters. The van der Waals surface area contributed by atoms with Crippen LogP contribution in [0.25, 0.3) is 0 Å². The summed E-state index contributed by atoms with van der Waals surface area (Å²) in [6.45, 7) is 7.41. The van der Waals surface area contributed by atoms with Crippen molar-refractivity contribution in [2.45, 2.75) is 32.3 Å². The van der Waals surface area contributed by atoms with Gasteiger partial charge < -0.3 is 19.7 Å². The van der Waals surface area contributed by atoms with Crippen LogP contribution >= 0.6 is 0 Å². The SMILES string of the molecule is CCNC(=NCC(O)c1ccco1)N1CCC(c2ccccc2)C(C)C1. The highest BCUT2D eigenvalue weighted by Gasteiger charge is 2.28. The molecule has 2 aromatic rings. The third-order valence-electron chi connectivity index (χ3n) is 5.05. The number of benzene rings is 1. The van der Waals surface area contributed by atoms with Gasteiger partial charge in [0.05, 0.1) is 12.8 Å². The summed E-state index contributed by atoms with van der Waals surface area (Å²) in [6, 6.07) is 14.3. The molecular weight excluding hydrogens is 326 g/mol. The molecule has 0 spiro atoms. The van der Waals surface area contributed by atoms with E-state index in [9.17, 15) is 5.11 Å². The maximum Gasteiger partial charge on any atom is 0.194 e. The Morgan fingerprint density at radius 3 is 2.77 bits per heavy atom. The van der Waals surface area contributed by atoms with Gasteiger partial charge >= 0.3 is 0 Å². The number of likely N-dealkylation sites (tertiary alicyclic amines) is 1. The first kappa shape index (κ1) is 18.5. The summed E-state index contributed by atoms with van der Waals surface area (Å²) in [5.74, 6) is 2.56. The van der Waals surface area contributed by atoms with Crippen molar-refractivity contribution in [1.29, 1.82) is 0 Å². The normalized spacial score (nSPS) is 22.3. The molecule has 140 valence electrons. The smallest absolute Gasteiger partial charge is 0.194 e. The number of hydrogen-bond donors (Lipinski definition) is 2. The Morgan fingerprint density at radius 1 is 1.31 bits per heavy atom. The number of piperidine rings is 1. The minimum Gasteiger partial charge on any atom is -0.467 e. The van der Waals surface area contributed by atoms with E-state index in [4.69, 9.17) is 4.42 Å². The van der Waals surface area contributed by atoms with Crippen molar-refractivity contribution < 1.29 is 9.52 Å². The predicted octanol–water partition coefficient (Wildman–Crippen LogP) is 3.40. The molecule has 1 saturated heterocycles. The van der Waals surface area contributed by atoms with E-state index in [-0.39, 0.29) is 0 Å². The molecule has 1 aromatic carbocycles. The van der Waals surface area contributed by atoms with Crippen LogP contribution in [0.4, 0.5) is 0 Å². The zero-order valence-electron chi connectivity index (χ0n) is 15.6. The lowest BCUT2D eigenvalue weighted by molar-refractivity contribution is 0.157. The van der Waals surface area contributed by atoms with Gasteiger partial charge in [0.2, 0.25) is 0 Å². The molecule has 0 radical (unpaired) electrons. The molecule has 2 heterocycles. The Hall–Kier alpha value is -2.27. The lowest BCUT2D eigenvalue weighted by Gasteiger charge is -2.39. The van der Waals surface area contributed by atoms with Gasteiger partial charge in [0, 0.05) is 19.6 Å². The molecule has 2 N–H and O–H groups in total. The predicted molar refractivity (Wildman–Crippen MR) is 104 cm³/mol. The second-order valence-corrected chi connectivity index (χ2v) is 6.95. The number of nitrogens with zero attached hydrogens (tertiary/aromatic N) is 2. The molecular formula is C21H29N3O2. The molecule has 0 bridgehead atoms. The molecule has 5 nitrogen and oxygen atoms in total. The average molecular weight is 355 g/mol. The Bertz CT molecular complexity index is 685. The van der Waals surface area contributed by atoms with Gasteiger partial charge in [0.15, 0.2) is 5.96 Å². The molecule has 26 heavy (non-hydrogen) atoms. The number of rotatable bonds is 5. The van der Waals surface area contributed by atoms with E-state index >= 15 is 0 Å². The quantitative estimate of drug-likeness (QED) is 0.637. The fourth-order valence-corrected chi connectivity index (χ4v) is 3.70. The average Bonchev–Trinajstić information content (AvgIpc) is 3.20. The van der Waals surface area contributed by atoms with E-state index in [2.05, 4.69) is 59.4 Å². The number of furan rings is 1. The van der Waals surface area contributed by atoms with Crippen LogP contribution in [0, 0.1) is 5.92 Å². The zero-order valence-corrected chi connectivity index (χ0v) is 15.6. The van der Waals surface area contributed by atoms with Gasteiger partial charge in [-0.3, -0.25) is 0 Å². The third-order valence-corrected chi connectivity index (χ3v) is 5.05. The van der Waals surface area contributed by atoms with E-state index in [1.165, 1.54) is 5.56 Å². The second-order valence-electron chi connectivity index (χ2n) is 6.95. The topological polar surface area (TPSA) is 61.0 Å². The van der Waals surface area contributed by atoms with E-state index in [1.807, 2.05) is 0 Å². The van der Waals surface area contributed by atoms with Crippen molar-refractivity contribution in [2.75, 3.05) is 26.2 Å². The van der Waals surface area contributed by atoms with Crippen molar-refractivity contribution in [3.8, 4) is 0 Å². The highest BCUT2D eigenvalue weighted by molar-refractivity contribution is 5.80. The van der Waals surface area contributed by atoms with Crippen molar-refractivity contribution in [3.05, 3.63) is 60.1 Å². The van der Waals surface area contributed by atoms with Gasteiger partial charge in [-0.15, -0.1) is 0 Å². The number of aliphatic hydroxyl groups is 1. The summed E-state index contributed by atoms with van der Waals surface area (Å²) in [5.41, 5.74) is 1.43. The minimum atomic E-state index is -0.710. The lowest BCUT2D eigenvalue weighted by Crippen LogP contribution is -2.48. The Balaban J connectivity index is 1.64. The molecule has 5 heteroatoms. The standard InChI is InChI=1S/C21H29N3O2/c1-3-22-21(23-14-19(25)20-10-7-13-26-20)24-12-11-18(16(2)15-24)17-8-5-4-6-9-17/h4-10,13,16,18-19,25H,3,11-12,14-15H2,1-2H3,(H,22,23). The van der Waals surface area contributed by atoms with Gasteiger partial charge in [-0.05, 0) is 42.9 Å². The zero-order chi connectivity index (χ0) is 18.4. The summed E-state index contributed by atoms with van der Waals surface area (Å²) in [7, 11) is 0. The maximum atomic E-state index is 10.2. The Labute approximate surface area is 155 Å². The van der Waals surface area contributed by atoms with Crippen LogP contribution in [0.1, 0.15) is 43.6 Å². The van der Waals surface area contributed by atoms with Gasteiger partial charge in [-0.25, -0.2) is 4.99 Å². The molecule has 1 aliphatic heterocycles. The van der Waals surface area contributed by atoms with Crippen LogP contribution in [-0.4, -0.2) is 42.1 Å². The largest absolute Gasteiger partial charge is 0.467 e. The van der Waals surface area contributed by atoms with Crippen molar-refractivity contribution in [1.82, 2.24) is 10.2 Å². The number of hydrogen-bond acceptors (Lipinski definition) is 3. The summed E-state index contributed by atoms with van der Waals surface area (Å²) < 4.78 is 5.26. The van der Waals surface area contributed by atoms with Crippen LogP contribution in [0.5, 0.6) is 0 Å². The van der Waals surface area contributed by atoms with Crippen LogP contribution in [0.2, 0.25) is 0 Å². The highest BCUT2D eigenvalue weighted by atomic mass is 16.4. The molecule has 0 amide bonds. The van der Waals surface area contributed by atoms with E-state index in [0.29, 0.717) is 24.1 Å². The van der Waals surface area contributed by atoms with Crippen molar-refractivity contribution >= 4 is 5.96 Å². The van der Waals surface area contributed by atoms with Crippen LogP contribution in [0.15, 0.2) is 58.1 Å². The lowest BCUT2D eigenvalue weighted by atomic mass is 9.82. The third kappa shape index (κ3) is 4.47. The summed E-state index contributed by atoms with van der Waals surface area (Å²) >= 11 is 0. The van der Waals surface area contributed by atoms with E-state index in [1.54, 1.807) is 18.4 Å². The first-order valence-corrected chi connectivity index (χ1v) is 9.48. The molecule has 1 aromatic heterocycles. The summed E-state index contributed by atoms with van der Waals surface area (Å²) in [6.07, 6.45) is 1.97. The minimum absolute atomic E-state index is 0.294. The van der Waals surface area contributed by atoms with Crippen molar-refractivity contribution in [3.63, 3.8) is 0 Å². The number of guanidine groups is 1. The maximum absolute atomic E-state index is 10.2. The van der Waals surface area contributed by atoms with Crippen molar-refractivity contribution in [2.24, 2.45) is 10.9 Å². The second kappa shape index (κ2) is 8.90. The molecule has 0 saturated carbocycles. The first-order chi connectivity index (χ1) is 12.7. The number of aliphatic imine (C=N–C) groups is 1. The summed E-state index contributed by atoms with van der Waals surface area (Å²) in [4.78, 5) is 6.95. The van der Waals surface area contributed by atoms with E-state index < -0.39 is 6.10 Å². The monoisotopic (exact) mass is 355 g/mol. The molecule has 1 aliphatic rings. The van der Waals surface area contributed by atoms with Gasteiger partial charge in [-0.2, -0.15) is 0 Å². The van der Waals surface area contributed by atoms with E-state index in [0.717, 1.165) is 32.0 Å². The van der Waals surface area contributed by atoms with Gasteiger partial charge in [-0.1, -0.05) is 37.3 Å². The Morgan fingerprint density at radius 2 is 2.12 bits per heavy atom. The first-order valence-electron chi connectivity index (χ1n) is 9.48. The van der Waals surface area contributed by atoms with Gasteiger partial charge in [0.1, 0.15) is 11.9 Å². The molecule has 0 aliphatic carbocycles. The number of nitrogens with one attached hydrogen (secondary N) is 1. The van der Waals surface area contributed by atoms with Crippen LogP contribution < -0.4 is 5.32 Å². The Kier molecular flexibility index (Phi) is 6.34. The fraction of sp³-hybridized carbons (Fsp3) is 0.476. The molecule has 3 unspecified atom stereocenters. The molecule has 1 fully saturated rings. The van der Waals surface area contributed by atoms with Crippen LogP contribution in [0.3, 0.4) is 0 Å². The van der Waals surface area contributed by atoms with Gasteiger partial charge in [0.25, 0.3) is 0 Å². The fourth-order valence-electron chi connectivity index (χ4n) is 3.70. The highest BCUT2D eigenvalue weighted by Crippen LogP contribution is 2.32. The number of aliphatic hydroxyl groups excluding tert-OH is 1.